The maximum Gasteiger partial charge on any atom is 0.294 e. The van der Waals surface area contributed by atoms with Gasteiger partial charge in [-0.3, -0.25) is 4.55 Å². The molecule has 0 saturated heterocycles. The molecule has 0 heterocycles. The van der Waals surface area contributed by atoms with E-state index < -0.39 is 10.1 Å². The summed E-state index contributed by atoms with van der Waals surface area (Å²) >= 11 is 0. The second-order valence-electron chi connectivity index (χ2n) is 3.29. The van der Waals surface area contributed by atoms with Crippen LogP contribution in [0.5, 0.6) is 0 Å². The van der Waals surface area contributed by atoms with Crippen molar-refractivity contribution in [3.8, 4) is 0 Å². The van der Waals surface area contributed by atoms with Gasteiger partial charge in [0.15, 0.2) is 0 Å². The third kappa shape index (κ3) is 2.91. The Labute approximate surface area is 90.2 Å². The lowest BCUT2D eigenvalue weighted by Gasteiger charge is -2.09. The lowest BCUT2D eigenvalue weighted by molar-refractivity contribution is 0.483. The van der Waals surface area contributed by atoms with Crippen LogP contribution in [0.15, 0.2) is 41.8 Å². The third-order valence-electron chi connectivity index (χ3n) is 2.33. The van der Waals surface area contributed by atoms with E-state index in [2.05, 4.69) is 6.58 Å². The van der Waals surface area contributed by atoms with Crippen LogP contribution in [0, 0.1) is 0 Å². The molecule has 1 atom stereocenters. The van der Waals surface area contributed by atoms with E-state index in [1.54, 1.807) is 12.1 Å². The van der Waals surface area contributed by atoms with Crippen LogP contribution >= 0.6 is 0 Å². The first-order valence-corrected chi connectivity index (χ1v) is 6.13. The first-order chi connectivity index (χ1) is 6.99. The zero-order chi connectivity index (χ0) is 11.5. The summed E-state index contributed by atoms with van der Waals surface area (Å²) in [6.45, 7) is 5.74. The molecule has 0 aliphatic heterocycles. The number of hydrogen-bond acceptors (Lipinski definition) is 2. The van der Waals surface area contributed by atoms with E-state index in [1.165, 1.54) is 12.1 Å². The van der Waals surface area contributed by atoms with Crippen molar-refractivity contribution in [1.29, 1.82) is 0 Å². The molecule has 1 unspecified atom stereocenters. The Morgan fingerprint density at radius 1 is 1.40 bits per heavy atom. The molecule has 0 amide bonds. The quantitative estimate of drug-likeness (QED) is 0.634. The minimum atomic E-state index is -4.08. The van der Waals surface area contributed by atoms with E-state index in [9.17, 15) is 8.42 Å². The molecule has 4 heteroatoms. The molecule has 0 fully saturated rings. The Balaban J connectivity index is 3.05. The summed E-state index contributed by atoms with van der Waals surface area (Å²) in [6, 6.07) is 6.19. The summed E-state index contributed by atoms with van der Waals surface area (Å²) in [5, 5.41) is 0. The Morgan fingerprint density at radius 2 is 1.93 bits per heavy atom. The first-order valence-electron chi connectivity index (χ1n) is 4.69. The Kier molecular flexibility index (Phi) is 3.66. The van der Waals surface area contributed by atoms with Crippen molar-refractivity contribution in [3.63, 3.8) is 0 Å². The Morgan fingerprint density at radius 3 is 2.27 bits per heavy atom. The summed E-state index contributed by atoms with van der Waals surface area (Å²) < 4.78 is 30.4. The van der Waals surface area contributed by atoms with Crippen molar-refractivity contribution < 1.29 is 13.0 Å². The molecule has 0 radical (unpaired) electrons. The van der Waals surface area contributed by atoms with E-state index in [1.807, 2.05) is 13.0 Å². The van der Waals surface area contributed by atoms with Gasteiger partial charge in [-0.2, -0.15) is 8.42 Å². The van der Waals surface area contributed by atoms with Gasteiger partial charge in [0.1, 0.15) is 0 Å². The molecule has 0 aliphatic carbocycles. The van der Waals surface area contributed by atoms with Crippen molar-refractivity contribution in [1.82, 2.24) is 0 Å². The molecule has 15 heavy (non-hydrogen) atoms. The highest BCUT2D eigenvalue weighted by atomic mass is 32.2. The van der Waals surface area contributed by atoms with Gasteiger partial charge in [0, 0.05) is 5.92 Å². The standard InChI is InChI=1S/C11H14O3S/c1-3-9(4-2)10-5-7-11(8-6-10)15(12,13)14/h3,5-9H,1,4H2,2H3,(H,12,13,14). The molecular weight excluding hydrogens is 212 g/mol. The van der Waals surface area contributed by atoms with Crippen molar-refractivity contribution >= 4 is 10.1 Å². The molecular formula is C11H14O3S. The smallest absolute Gasteiger partial charge is 0.282 e. The molecule has 1 aromatic rings. The number of benzene rings is 1. The monoisotopic (exact) mass is 226 g/mol. The summed E-state index contributed by atoms with van der Waals surface area (Å²) in [7, 11) is -4.08. The van der Waals surface area contributed by atoms with Gasteiger partial charge < -0.3 is 0 Å². The Hall–Kier alpha value is -1.13. The fraction of sp³-hybridized carbons (Fsp3) is 0.273. The summed E-state index contributed by atoms with van der Waals surface area (Å²) in [5.74, 6) is 0.223. The van der Waals surface area contributed by atoms with Gasteiger partial charge in [-0.15, -0.1) is 6.58 Å². The van der Waals surface area contributed by atoms with E-state index in [-0.39, 0.29) is 10.8 Å². The zero-order valence-corrected chi connectivity index (χ0v) is 9.37. The summed E-state index contributed by atoms with van der Waals surface area (Å²) in [6.07, 6.45) is 2.73. The number of rotatable bonds is 4. The highest BCUT2D eigenvalue weighted by Crippen LogP contribution is 2.21. The van der Waals surface area contributed by atoms with Crippen LogP contribution in [0.3, 0.4) is 0 Å². The molecule has 0 bridgehead atoms. The normalized spacial score (nSPS) is 13.5. The second kappa shape index (κ2) is 4.59. The van der Waals surface area contributed by atoms with Crippen LogP contribution in [0.25, 0.3) is 0 Å². The second-order valence-corrected chi connectivity index (χ2v) is 4.72. The Bertz CT molecular complexity index is 431. The van der Waals surface area contributed by atoms with Gasteiger partial charge in [-0.1, -0.05) is 25.1 Å². The zero-order valence-electron chi connectivity index (χ0n) is 8.55. The number of hydrogen-bond donors (Lipinski definition) is 1. The molecule has 0 aromatic heterocycles. The molecule has 1 aromatic carbocycles. The van der Waals surface area contributed by atoms with Gasteiger partial charge in [-0.05, 0) is 24.1 Å². The van der Waals surface area contributed by atoms with Gasteiger partial charge in [-0.25, -0.2) is 0 Å². The maximum atomic E-state index is 10.8. The van der Waals surface area contributed by atoms with E-state index in [0.29, 0.717) is 0 Å². The van der Waals surface area contributed by atoms with E-state index in [4.69, 9.17) is 4.55 Å². The van der Waals surface area contributed by atoms with Crippen LogP contribution in [0.1, 0.15) is 24.8 Å². The largest absolute Gasteiger partial charge is 0.294 e. The van der Waals surface area contributed by atoms with Crippen LogP contribution in [0.4, 0.5) is 0 Å². The lowest BCUT2D eigenvalue weighted by atomic mass is 9.97. The van der Waals surface area contributed by atoms with Crippen LogP contribution < -0.4 is 0 Å². The van der Waals surface area contributed by atoms with Gasteiger partial charge >= 0.3 is 0 Å². The topological polar surface area (TPSA) is 54.4 Å². The maximum absolute atomic E-state index is 10.8. The van der Waals surface area contributed by atoms with Crippen molar-refractivity contribution in [2.45, 2.75) is 24.2 Å². The van der Waals surface area contributed by atoms with Crippen LogP contribution in [0.2, 0.25) is 0 Å². The lowest BCUT2D eigenvalue weighted by Crippen LogP contribution is -1.99. The number of allylic oxidation sites excluding steroid dienone is 1. The highest BCUT2D eigenvalue weighted by Gasteiger charge is 2.10. The molecule has 0 spiro atoms. The minimum Gasteiger partial charge on any atom is -0.282 e. The van der Waals surface area contributed by atoms with Gasteiger partial charge in [0.05, 0.1) is 4.90 Å². The fourth-order valence-corrected chi connectivity index (χ4v) is 1.91. The summed E-state index contributed by atoms with van der Waals surface area (Å²) in [4.78, 5) is -0.0786. The van der Waals surface area contributed by atoms with E-state index in [0.717, 1.165) is 12.0 Å². The third-order valence-corrected chi connectivity index (χ3v) is 3.20. The fourth-order valence-electron chi connectivity index (χ4n) is 1.43. The molecule has 3 nitrogen and oxygen atoms in total. The first kappa shape index (κ1) is 11.9. The minimum absolute atomic E-state index is 0.0786. The van der Waals surface area contributed by atoms with Crippen LogP contribution in [-0.2, 0) is 10.1 Å². The van der Waals surface area contributed by atoms with Crippen molar-refractivity contribution in [2.24, 2.45) is 0 Å². The van der Waals surface area contributed by atoms with Crippen molar-refractivity contribution in [3.05, 3.63) is 42.5 Å². The molecule has 1 rings (SSSR count). The molecule has 0 aliphatic rings. The molecule has 1 N–H and O–H groups in total. The highest BCUT2D eigenvalue weighted by molar-refractivity contribution is 7.85. The van der Waals surface area contributed by atoms with Crippen molar-refractivity contribution in [2.75, 3.05) is 0 Å². The predicted octanol–water partition coefficient (Wildman–Crippen LogP) is 2.61. The SMILES string of the molecule is C=CC(CC)c1ccc(S(=O)(=O)O)cc1. The average Bonchev–Trinajstić information content (AvgIpc) is 2.19. The summed E-state index contributed by atoms with van der Waals surface area (Å²) in [5.41, 5.74) is 1.000. The molecule has 82 valence electrons. The predicted molar refractivity (Wildman–Crippen MR) is 59.5 cm³/mol. The molecule has 0 saturated carbocycles. The van der Waals surface area contributed by atoms with Crippen LogP contribution in [-0.4, -0.2) is 13.0 Å². The van der Waals surface area contributed by atoms with Gasteiger partial charge in [0.2, 0.25) is 0 Å². The average molecular weight is 226 g/mol. The van der Waals surface area contributed by atoms with Gasteiger partial charge in [0.25, 0.3) is 10.1 Å². The van der Waals surface area contributed by atoms with E-state index >= 15 is 0 Å².